The molecule has 11 nitrogen and oxygen atoms in total. The highest BCUT2D eigenvalue weighted by Crippen LogP contribution is 2.32. The van der Waals surface area contributed by atoms with Crippen molar-refractivity contribution in [3.05, 3.63) is 16.1 Å². The fraction of sp³-hybridized carbons (Fsp3) is 0.700. The van der Waals surface area contributed by atoms with Crippen LogP contribution < -0.4 is 16.0 Å². The molecule has 15 heteroatoms. The minimum absolute atomic E-state index is 0.0894. The van der Waals surface area contributed by atoms with E-state index in [1.807, 2.05) is 25.0 Å². The maximum absolute atomic E-state index is 14.0. The van der Waals surface area contributed by atoms with Crippen LogP contribution in [0.3, 0.4) is 0 Å². The summed E-state index contributed by atoms with van der Waals surface area (Å²) in [5, 5.41) is 13.2. The lowest BCUT2D eigenvalue weighted by Crippen LogP contribution is -2.55. The van der Waals surface area contributed by atoms with Crippen molar-refractivity contribution in [1.29, 1.82) is 0 Å². The van der Waals surface area contributed by atoms with Crippen LogP contribution in [0.4, 0.5) is 0 Å². The number of thiazole rings is 1. The van der Waals surface area contributed by atoms with Crippen molar-refractivity contribution in [1.82, 2.24) is 25.8 Å². The summed E-state index contributed by atoms with van der Waals surface area (Å²) in [5.74, 6) is 0.803. The smallest absolute Gasteiger partial charge is 0.271 e. The largest absolute Gasteiger partial charge is 0.345 e. The first-order chi connectivity index (χ1) is 21.6. The van der Waals surface area contributed by atoms with Crippen molar-refractivity contribution in [3.8, 4) is 0 Å². The lowest BCUT2D eigenvalue weighted by molar-refractivity contribution is -0.137. The van der Waals surface area contributed by atoms with Crippen LogP contribution in [0.5, 0.6) is 0 Å². The summed E-state index contributed by atoms with van der Waals surface area (Å²) in [6.45, 7) is 8.58. The van der Waals surface area contributed by atoms with Gasteiger partial charge in [-0.15, -0.1) is 34.9 Å². The summed E-state index contributed by atoms with van der Waals surface area (Å²) in [4.78, 5) is 70.6. The quantitative estimate of drug-likeness (QED) is 0.412. The Balaban J connectivity index is 1.50. The van der Waals surface area contributed by atoms with Crippen molar-refractivity contribution in [2.75, 3.05) is 30.1 Å². The summed E-state index contributed by atoms with van der Waals surface area (Å²) in [6, 6.07) is -2.86. The van der Waals surface area contributed by atoms with E-state index < -0.39 is 18.1 Å². The topological polar surface area (TPSA) is 145 Å². The molecule has 6 bridgehead atoms. The number of nitrogens with zero attached hydrogens (tertiary/aromatic N) is 4. The number of carbonyl (C=O) groups is 4. The molecule has 2 unspecified atom stereocenters. The Morgan fingerprint density at radius 3 is 2.31 bits per heavy atom. The van der Waals surface area contributed by atoms with E-state index in [1.54, 1.807) is 17.1 Å². The first-order valence-corrected chi connectivity index (χ1v) is 19.9. The highest BCUT2D eigenvalue weighted by Gasteiger charge is 2.42. The molecule has 246 valence electrons. The van der Waals surface area contributed by atoms with E-state index >= 15 is 0 Å². The third-order valence-corrected chi connectivity index (χ3v) is 12.6. The van der Waals surface area contributed by atoms with E-state index in [2.05, 4.69) is 29.8 Å². The number of rotatable bonds is 6. The van der Waals surface area contributed by atoms with Gasteiger partial charge in [0.25, 0.3) is 5.91 Å². The predicted molar refractivity (Wildman–Crippen MR) is 186 cm³/mol. The Morgan fingerprint density at radius 2 is 1.64 bits per heavy atom. The first-order valence-electron chi connectivity index (χ1n) is 15.7. The van der Waals surface area contributed by atoms with Crippen LogP contribution >= 0.6 is 46.6 Å². The Labute approximate surface area is 281 Å². The molecule has 1 saturated heterocycles. The van der Waals surface area contributed by atoms with Gasteiger partial charge in [-0.2, -0.15) is 11.8 Å². The van der Waals surface area contributed by atoms with E-state index in [1.165, 1.54) is 34.9 Å². The number of carbonyl (C=O) groups excluding carboxylic acids is 4. The highest BCUT2D eigenvalue weighted by molar-refractivity contribution is 8.14. The van der Waals surface area contributed by atoms with Gasteiger partial charge in [0, 0.05) is 23.4 Å². The van der Waals surface area contributed by atoms with Crippen molar-refractivity contribution in [3.63, 3.8) is 0 Å². The van der Waals surface area contributed by atoms with Gasteiger partial charge < -0.3 is 20.9 Å². The average Bonchev–Trinajstić information content (AvgIpc) is 3.85. The molecule has 1 fully saturated rings. The third kappa shape index (κ3) is 7.73. The third-order valence-electron chi connectivity index (χ3n) is 8.75. The summed E-state index contributed by atoms with van der Waals surface area (Å²) in [6.07, 6.45) is 5.09. The van der Waals surface area contributed by atoms with Crippen LogP contribution in [0.1, 0.15) is 74.9 Å². The van der Waals surface area contributed by atoms with Gasteiger partial charge in [0.1, 0.15) is 28.8 Å². The second-order valence-corrected chi connectivity index (χ2v) is 16.2. The van der Waals surface area contributed by atoms with Crippen LogP contribution in [-0.4, -0.2) is 104 Å². The summed E-state index contributed by atoms with van der Waals surface area (Å²) >= 11 is 6.04. The SMILES string of the molecule is CCC(C)[C@@H]1NC(=O)[C@@H]2CSC(=N2)[C@@H]2CCCN2C(=O)[C@H](C(C)C)NC(=O)C2CSC(=N2)[C@H](CCSC)NC(=O)c2csc1n2. The lowest BCUT2D eigenvalue weighted by atomic mass is 9.99. The molecule has 0 spiro atoms. The number of aliphatic imine (C=N–C) groups is 2. The van der Waals surface area contributed by atoms with E-state index in [0.29, 0.717) is 40.2 Å². The van der Waals surface area contributed by atoms with Gasteiger partial charge in [0.05, 0.1) is 28.2 Å². The molecule has 1 aromatic heterocycles. The molecule has 4 amide bonds. The number of fused-ring (bicyclic) bond motifs is 6. The summed E-state index contributed by atoms with van der Waals surface area (Å²) in [7, 11) is 0. The lowest BCUT2D eigenvalue weighted by Gasteiger charge is -2.31. The standard InChI is InChI=1S/C30H43N7O4S4/c1-6-16(4)23-29-34-18(14-45-29)24(38)31-17(9-11-42-5)27-32-19(12-43-27)25(39)35-22(15(2)3)30(41)37-10-7-8-21(37)28-33-20(13-44-28)26(40)36-23/h14-17,19-23H,6-13H2,1-5H3,(H,31,38)(H,35,39)(H,36,40)/t16?,17-,19?,20-,21-,22-,23-/m0/s1. The second-order valence-electron chi connectivity index (χ2n) is 12.3. The van der Waals surface area contributed by atoms with Crippen molar-refractivity contribution < 1.29 is 19.2 Å². The van der Waals surface area contributed by atoms with Gasteiger partial charge in [-0.1, -0.05) is 34.1 Å². The zero-order valence-corrected chi connectivity index (χ0v) is 29.7. The first kappa shape index (κ1) is 34.2. The fourth-order valence-corrected chi connectivity index (χ4v) is 9.63. The zero-order valence-electron chi connectivity index (χ0n) is 26.4. The van der Waals surface area contributed by atoms with Crippen molar-refractivity contribution >= 4 is 80.3 Å². The number of nitrogens with one attached hydrogen (secondary N) is 3. The van der Waals surface area contributed by atoms with Crippen LogP contribution in [0.15, 0.2) is 15.4 Å². The fourth-order valence-electron chi connectivity index (χ4n) is 5.85. The Bertz CT molecular complexity index is 1350. The molecule has 5 heterocycles. The number of hydrogen-bond acceptors (Lipinski definition) is 11. The minimum atomic E-state index is -0.704. The van der Waals surface area contributed by atoms with Gasteiger partial charge in [-0.25, -0.2) is 4.98 Å². The Morgan fingerprint density at radius 1 is 0.978 bits per heavy atom. The van der Waals surface area contributed by atoms with Gasteiger partial charge >= 0.3 is 0 Å². The number of amides is 4. The zero-order chi connectivity index (χ0) is 32.2. The molecule has 4 aliphatic heterocycles. The van der Waals surface area contributed by atoms with Crippen molar-refractivity contribution in [2.45, 2.75) is 89.6 Å². The maximum atomic E-state index is 14.0. The van der Waals surface area contributed by atoms with E-state index in [-0.39, 0.29) is 53.6 Å². The minimum Gasteiger partial charge on any atom is -0.345 e. The molecule has 0 saturated carbocycles. The van der Waals surface area contributed by atoms with Gasteiger partial charge in [0.2, 0.25) is 17.7 Å². The molecule has 3 N–H and O–H groups in total. The Kier molecular flexibility index (Phi) is 11.6. The van der Waals surface area contributed by atoms with Crippen molar-refractivity contribution in [2.24, 2.45) is 21.8 Å². The molecular formula is C30H43N7O4S4. The van der Waals surface area contributed by atoms with Gasteiger partial charge in [-0.3, -0.25) is 29.2 Å². The monoisotopic (exact) mass is 693 g/mol. The normalized spacial score (nSPS) is 30.2. The maximum Gasteiger partial charge on any atom is 0.271 e. The van der Waals surface area contributed by atoms with Crippen LogP contribution in [0, 0.1) is 11.8 Å². The summed E-state index contributed by atoms with van der Waals surface area (Å²) < 4.78 is 0. The van der Waals surface area contributed by atoms with Crippen LogP contribution in [-0.2, 0) is 14.4 Å². The highest BCUT2D eigenvalue weighted by atomic mass is 32.2. The summed E-state index contributed by atoms with van der Waals surface area (Å²) in [5.41, 5.74) is 0.298. The molecule has 4 aliphatic rings. The molecule has 1 aromatic rings. The molecule has 45 heavy (non-hydrogen) atoms. The van der Waals surface area contributed by atoms with Crippen LogP contribution in [0.25, 0.3) is 0 Å². The molecular weight excluding hydrogens is 651 g/mol. The second kappa shape index (κ2) is 15.2. The van der Waals surface area contributed by atoms with Gasteiger partial charge in [-0.05, 0) is 43.1 Å². The molecule has 7 atom stereocenters. The van der Waals surface area contributed by atoms with E-state index in [4.69, 9.17) is 15.0 Å². The predicted octanol–water partition coefficient (Wildman–Crippen LogP) is 3.37. The number of aromatic nitrogens is 1. The number of thioether (sulfide) groups is 3. The molecule has 0 aliphatic carbocycles. The Hall–Kier alpha value is -2.10. The van der Waals surface area contributed by atoms with Crippen LogP contribution in [0.2, 0.25) is 0 Å². The van der Waals surface area contributed by atoms with E-state index in [9.17, 15) is 19.2 Å². The molecule has 5 rings (SSSR count). The number of hydrogen-bond donors (Lipinski definition) is 3. The average molecular weight is 694 g/mol. The molecule has 0 radical (unpaired) electrons. The van der Waals surface area contributed by atoms with E-state index in [0.717, 1.165) is 30.1 Å². The molecule has 0 aromatic carbocycles. The van der Waals surface area contributed by atoms with Gasteiger partial charge in [0.15, 0.2) is 0 Å².